The van der Waals surface area contributed by atoms with Crippen LogP contribution in [-0.2, 0) is 0 Å². The van der Waals surface area contributed by atoms with Crippen molar-refractivity contribution in [3.05, 3.63) is 27.3 Å². The van der Waals surface area contributed by atoms with Crippen LogP contribution in [0.1, 0.15) is 5.56 Å². The maximum Gasteiger partial charge on any atom is 0.122 e. The predicted octanol–water partition coefficient (Wildman–Crippen LogP) is 2.65. The summed E-state index contributed by atoms with van der Waals surface area (Å²) in [6.07, 6.45) is 0. The first kappa shape index (κ1) is 17.0. The molecule has 0 bridgehead atoms. The first-order valence-corrected chi connectivity index (χ1v) is 7.53. The first-order chi connectivity index (χ1) is 8.65. The number of halogens is 2. The van der Waals surface area contributed by atoms with E-state index in [2.05, 4.69) is 64.6 Å². The lowest BCUT2D eigenvalue weighted by Gasteiger charge is -2.32. The zero-order chi connectivity index (χ0) is 13.0. The van der Waals surface area contributed by atoms with E-state index in [1.165, 1.54) is 22.2 Å². The molecule has 1 fully saturated rings. The summed E-state index contributed by atoms with van der Waals surface area (Å²) in [7, 11) is 2.18. The third kappa shape index (κ3) is 5.45. The molecule has 2 rings (SSSR count). The number of hydrogen-bond acceptors (Lipinski definition) is 3. The van der Waals surface area contributed by atoms with Crippen molar-refractivity contribution in [3.8, 4) is 5.75 Å². The summed E-state index contributed by atoms with van der Waals surface area (Å²) in [5.41, 5.74) is 1.22. The molecule has 3 nitrogen and oxygen atoms in total. The molecular weight excluding hydrogens is 375 g/mol. The van der Waals surface area contributed by atoms with Gasteiger partial charge >= 0.3 is 0 Å². The first-order valence-electron chi connectivity index (χ1n) is 6.45. The van der Waals surface area contributed by atoms with Crippen LogP contribution in [0.5, 0.6) is 5.75 Å². The number of rotatable bonds is 4. The Hall–Kier alpha value is -0.0400. The van der Waals surface area contributed by atoms with Gasteiger partial charge in [-0.05, 0) is 60.3 Å². The van der Waals surface area contributed by atoms with E-state index >= 15 is 0 Å². The zero-order valence-corrected chi connectivity index (χ0v) is 14.5. The average Bonchev–Trinajstić information content (AvgIpc) is 2.34. The lowest BCUT2D eigenvalue weighted by atomic mass is 10.2. The molecule has 0 aliphatic carbocycles. The Labute approximate surface area is 135 Å². The fourth-order valence-electron chi connectivity index (χ4n) is 2.13. The van der Waals surface area contributed by atoms with Crippen molar-refractivity contribution in [2.24, 2.45) is 0 Å². The smallest absolute Gasteiger partial charge is 0.122 e. The normalized spacial score (nSPS) is 17.0. The highest BCUT2D eigenvalue weighted by Crippen LogP contribution is 2.19. The molecule has 1 aliphatic heterocycles. The van der Waals surface area contributed by atoms with E-state index in [0.717, 1.165) is 32.0 Å². The number of nitrogens with zero attached hydrogens (tertiary/aromatic N) is 2. The van der Waals surface area contributed by atoms with Gasteiger partial charge < -0.3 is 9.64 Å². The molecule has 108 valence electrons. The average molecular weight is 397 g/mol. The van der Waals surface area contributed by atoms with Gasteiger partial charge in [-0.15, -0.1) is 12.4 Å². The number of piperazine rings is 1. The molecule has 0 aromatic heterocycles. The fourth-order valence-corrected chi connectivity index (χ4v) is 2.78. The summed E-state index contributed by atoms with van der Waals surface area (Å²) in [4.78, 5) is 4.85. The van der Waals surface area contributed by atoms with Gasteiger partial charge in [-0.1, -0.05) is 0 Å². The third-order valence-electron chi connectivity index (χ3n) is 3.40. The van der Waals surface area contributed by atoms with E-state index in [1.54, 1.807) is 0 Å². The number of benzene rings is 1. The monoisotopic (exact) mass is 396 g/mol. The Morgan fingerprint density at radius 1 is 1.21 bits per heavy atom. The molecule has 5 heteroatoms. The molecule has 19 heavy (non-hydrogen) atoms. The molecule has 0 radical (unpaired) electrons. The van der Waals surface area contributed by atoms with Gasteiger partial charge in [0.2, 0.25) is 0 Å². The van der Waals surface area contributed by atoms with Crippen molar-refractivity contribution in [2.45, 2.75) is 6.92 Å². The second-order valence-corrected chi connectivity index (χ2v) is 6.15. The van der Waals surface area contributed by atoms with Gasteiger partial charge in [0.25, 0.3) is 0 Å². The van der Waals surface area contributed by atoms with E-state index in [1.807, 2.05) is 0 Å². The minimum atomic E-state index is 0. The van der Waals surface area contributed by atoms with Gasteiger partial charge in [0, 0.05) is 36.3 Å². The van der Waals surface area contributed by atoms with Crippen LogP contribution in [-0.4, -0.2) is 56.2 Å². The maximum atomic E-state index is 5.86. The third-order valence-corrected chi connectivity index (χ3v) is 4.07. The molecule has 0 atom stereocenters. The number of aryl methyl sites for hydroxylation is 1. The Kier molecular flexibility index (Phi) is 7.42. The van der Waals surface area contributed by atoms with E-state index in [9.17, 15) is 0 Å². The van der Waals surface area contributed by atoms with Gasteiger partial charge in [0.15, 0.2) is 0 Å². The van der Waals surface area contributed by atoms with Crippen LogP contribution in [0, 0.1) is 10.5 Å². The summed E-state index contributed by atoms with van der Waals surface area (Å²) < 4.78 is 7.12. The van der Waals surface area contributed by atoms with Gasteiger partial charge in [-0.25, -0.2) is 0 Å². The second-order valence-electron chi connectivity index (χ2n) is 4.90. The van der Waals surface area contributed by atoms with E-state index in [0.29, 0.717) is 0 Å². The molecule has 0 saturated carbocycles. The Balaban J connectivity index is 0.00000180. The molecular formula is C14H22ClIN2O. The van der Waals surface area contributed by atoms with E-state index < -0.39 is 0 Å². The van der Waals surface area contributed by atoms with Crippen LogP contribution in [0.4, 0.5) is 0 Å². The Morgan fingerprint density at radius 3 is 2.53 bits per heavy atom. The molecule has 0 N–H and O–H groups in total. The van der Waals surface area contributed by atoms with Crippen molar-refractivity contribution in [1.29, 1.82) is 0 Å². The Bertz CT molecular complexity index is 395. The number of hydrogen-bond donors (Lipinski definition) is 0. The topological polar surface area (TPSA) is 15.7 Å². The van der Waals surface area contributed by atoms with Crippen molar-refractivity contribution in [3.63, 3.8) is 0 Å². The largest absolute Gasteiger partial charge is 0.492 e. The van der Waals surface area contributed by atoms with Gasteiger partial charge in [-0.3, -0.25) is 4.90 Å². The molecule has 1 heterocycles. The summed E-state index contributed by atoms with van der Waals surface area (Å²) >= 11 is 2.33. The van der Waals surface area contributed by atoms with Gasteiger partial charge in [0.1, 0.15) is 12.4 Å². The highest BCUT2D eigenvalue weighted by Gasteiger charge is 2.13. The summed E-state index contributed by atoms with van der Waals surface area (Å²) in [6, 6.07) is 6.32. The summed E-state index contributed by atoms with van der Waals surface area (Å²) in [5, 5.41) is 0. The van der Waals surface area contributed by atoms with Crippen molar-refractivity contribution >= 4 is 35.0 Å². The van der Waals surface area contributed by atoms with E-state index in [4.69, 9.17) is 4.74 Å². The number of likely N-dealkylation sites (N-methyl/N-ethyl adjacent to an activating group) is 1. The summed E-state index contributed by atoms with van der Waals surface area (Å²) in [6.45, 7) is 8.57. The van der Waals surface area contributed by atoms with Crippen LogP contribution in [0.15, 0.2) is 18.2 Å². The quantitative estimate of drug-likeness (QED) is 0.728. The second kappa shape index (κ2) is 8.29. The van der Waals surface area contributed by atoms with Crippen molar-refractivity contribution in [2.75, 3.05) is 46.4 Å². The van der Waals surface area contributed by atoms with Crippen LogP contribution in [0.25, 0.3) is 0 Å². The zero-order valence-electron chi connectivity index (χ0n) is 11.6. The van der Waals surface area contributed by atoms with Crippen molar-refractivity contribution < 1.29 is 4.74 Å². The molecule has 0 spiro atoms. The van der Waals surface area contributed by atoms with Gasteiger partial charge in [0.05, 0.1) is 0 Å². The minimum absolute atomic E-state index is 0. The fraction of sp³-hybridized carbons (Fsp3) is 0.571. The van der Waals surface area contributed by atoms with Crippen LogP contribution in [0.3, 0.4) is 0 Å². The lowest BCUT2D eigenvalue weighted by Crippen LogP contribution is -2.45. The predicted molar refractivity (Wildman–Crippen MR) is 90.6 cm³/mol. The van der Waals surface area contributed by atoms with Crippen LogP contribution < -0.4 is 4.74 Å². The Morgan fingerprint density at radius 2 is 1.89 bits per heavy atom. The van der Waals surface area contributed by atoms with Crippen molar-refractivity contribution in [1.82, 2.24) is 9.80 Å². The lowest BCUT2D eigenvalue weighted by molar-refractivity contribution is 0.133. The highest BCUT2D eigenvalue weighted by molar-refractivity contribution is 14.1. The minimum Gasteiger partial charge on any atom is -0.492 e. The van der Waals surface area contributed by atoms with Gasteiger partial charge in [-0.2, -0.15) is 0 Å². The molecule has 0 unspecified atom stereocenters. The molecule has 0 amide bonds. The molecule has 1 aromatic carbocycles. The summed E-state index contributed by atoms with van der Waals surface area (Å²) in [5.74, 6) is 1.02. The molecule has 1 aliphatic rings. The highest BCUT2D eigenvalue weighted by atomic mass is 127. The van der Waals surface area contributed by atoms with Crippen LogP contribution >= 0.6 is 35.0 Å². The number of ether oxygens (including phenoxy) is 1. The molecule has 1 aromatic rings. The molecule has 1 saturated heterocycles. The SMILES string of the molecule is Cc1cc(I)ccc1OCCN1CCN(C)CC1.Cl. The van der Waals surface area contributed by atoms with Crippen LogP contribution in [0.2, 0.25) is 0 Å². The van der Waals surface area contributed by atoms with E-state index in [-0.39, 0.29) is 12.4 Å². The maximum absolute atomic E-state index is 5.86. The standard InChI is InChI=1S/C14H21IN2O.ClH/c1-12-11-13(15)3-4-14(12)18-10-9-17-7-5-16(2)6-8-17;/h3-4,11H,5-10H2,1-2H3;1H.